The first-order valence-electron chi connectivity index (χ1n) is 5.20. The van der Waals surface area contributed by atoms with Gasteiger partial charge < -0.3 is 10.1 Å². The smallest absolute Gasteiger partial charge is 0.337 e. The Morgan fingerprint density at radius 2 is 2.29 bits per heavy atom. The molecule has 0 aliphatic rings. The highest BCUT2D eigenvalue weighted by Gasteiger charge is 2.08. The van der Waals surface area contributed by atoms with Crippen LogP contribution in [0.1, 0.15) is 22.3 Å². The Balaban J connectivity index is 2.89. The van der Waals surface area contributed by atoms with Crippen molar-refractivity contribution in [2.24, 2.45) is 0 Å². The third-order valence-electron chi connectivity index (χ3n) is 2.11. The fourth-order valence-electron chi connectivity index (χ4n) is 1.21. The van der Waals surface area contributed by atoms with E-state index in [1.54, 1.807) is 0 Å². The van der Waals surface area contributed by atoms with E-state index in [0.29, 0.717) is 12.0 Å². The first-order valence-corrected chi connectivity index (χ1v) is 5.20. The summed E-state index contributed by atoms with van der Waals surface area (Å²) in [7, 11) is 3.10. The molecule has 0 aliphatic heterocycles. The van der Waals surface area contributed by atoms with Gasteiger partial charge in [0, 0.05) is 13.0 Å². The molecule has 0 radical (unpaired) electrons. The number of methoxy groups -OCH3 is 1. The van der Waals surface area contributed by atoms with Crippen molar-refractivity contribution in [2.45, 2.75) is 6.42 Å². The Kier molecular flexibility index (Phi) is 5.18. The number of rotatable bonds is 3. The lowest BCUT2D eigenvalue weighted by Crippen LogP contribution is -2.06. The quantitative estimate of drug-likeness (QED) is 0.491. The van der Waals surface area contributed by atoms with Crippen LogP contribution in [0.3, 0.4) is 0 Å². The summed E-state index contributed by atoms with van der Waals surface area (Å²) >= 11 is 0. The first kappa shape index (κ1) is 13.2. The van der Waals surface area contributed by atoms with Gasteiger partial charge in [0.2, 0.25) is 0 Å². The van der Waals surface area contributed by atoms with Crippen molar-refractivity contribution in [1.29, 1.82) is 0 Å². The van der Waals surface area contributed by atoms with E-state index < -0.39 is 11.8 Å². The fraction of sp³-hybridized carbons (Fsp3) is 0.308. The molecule has 0 fully saturated rings. The summed E-state index contributed by atoms with van der Waals surface area (Å²) in [6.45, 7) is 0.741. The normalized spacial score (nSPS) is 9.35. The monoisotopic (exact) mass is 235 g/mol. The zero-order valence-corrected chi connectivity index (χ0v) is 9.84. The molecule has 0 unspecified atom stereocenters. The van der Waals surface area contributed by atoms with Crippen LogP contribution in [0.5, 0.6) is 0 Å². The molecular formula is C13H14FNO2. The predicted molar refractivity (Wildman–Crippen MR) is 63.2 cm³/mol. The number of carbonyl (C=O) groups is 1. The minimum atomic E-state index is -0.497. The summed E-state index contributed by atoms with van der Waals surface area (Å²) in [5.41, 5.74) is 0.510. The van der Waals surface area contributed by atoms with E-state index >= 15 is 0 Å². The van der Waals surface area contributed by atoms with Crippen LogP contribution in [0.15, 0.2) is 18.2 Å². The minimum Gasteiger partial charge on any atom is -0.465 e. The van der Waals surface area contributed by atoms with Gasteiger partial charge in [-0.2, -0.15) is 0 Å². The maximum absolute atomic E-state index is 13.4. The van der Waals surface area contributed by atoms with Gasteiger partial charge in [0.25, 0.3) is 0 Å². The van der Waals surface area contributed by atoms with Crippen LogP contribution in [-0.2, 0) is 4.74 Å². The van der Waals surface area contributed by atoms with E-state index in [0.717, 1.165) is 6.54 Å². The van der Waals surface area contributed by atoms with Gasteiger partial charge in [0.15, 0.2) is 0 Å². The Bertz CT molecular complexity index is 460. The number of benzene rings is 1. The van der Waals surface area contributed by atoms with Gasteiger partial charge in [0.05, 0.1) is 18.2 Å². The second-order valence-corrected chi connectivity index (χ2v) is 3.34. The number of esters is 1. The molecule has 1 rings (SSSR count). The Morgan fingerprint density at radius 3 is 2.94 bits per heavy atom. The van der Waals surface area contributed by atoms with Crippen molar-refractivity contribution >= 4 is 5.97 Å². The molecule has 0 amide bonds. The lowest BCUT2D eigenvalue weighted by Gasteiger charge is -2.00. The summed E-state index contributed by atoms with van der Waals surface area (Å²) in [4.78, 5) is 11.3. The maximum Gasteiger partial charge on any atom is 0.337 e. The molecule has 3 nitrogen and oxygen atoms in total. The van der Waals surface area contributed by atoms with Gasteiger partial charge in [-0.05, 0) is 25.2 Å². The van der Waals surface area contributed by atoms with Gasteiger partial charge >= 0.3 is 5.97 Å². The maximum atomic E-state index is 13.4. The highest BCUT2D eigenvalue weighted by Crippen LogP contribution is 2.10. The summed E-state index contributed by atoms with van der Waals surface area (Å²) in [5.74, 6) is 4.58. The van der Waals surface area contributed by atoms with Crippen LogP contribution < -0.4 is 5.32 Å². The number of halogens is 1. The number of hydrogen-bond donors (Lipinski definition) is 1. The van der Waals surface area contributed by atoms with Crippen molar-refractivity contribution < 1.29 is 13.9 Å². The van der Waals surface area contributed by atoms with Crippen LogP contribution in [0.2, 0.25) is 0 Å². The molecule has 0 bridgehead atoms. The number of hydrogen-bond acceptors (Lipinski definition) is 3. The second-order valence-electron chi connectivity index (χ2n) is 3.34. The molecule has 90 valence electrons. The third kappa shape index (κ3) is 3.89. The van der Waals surface area contributed by atoms with E-state index in [1.165, 1.54) is 25.3 Å². The van der Waals surface area contributed by atoms with Gasteiger partial charge in [-0.25, -0.2) is 9.18 Å². The van der Waals surface area contributed by atoms with Crippen LogP contribution >= 0.6 is 0 Å². The molecule has 1 aromatic carbocycles. The van der Waals surface area contributed by atoms with E-state index in [-0.39, 0.29) is 5.56 Å². The summed E-state index contributed by atoms with van der Waals surface area (Å²) < 4.78 is 17.9. The van der Waals surface area contributed by atoms with Gasteiger partial charge in [-0.15, -0.1) is 0 Å². The Labute approximate surface area is 100.0 Å². The highest BCUT2D eigenvalue weighted by atomic mass is 19.1. The first-order chi connectivity index (χ1) is 8.19. The average Bonchev–Trinajstić information content (AvgIpc) is 2.35. The standard InChI is InChI=1S/C13H14FNO2/c1-15-8-4-3-5-10-9-11(13(16)17-2)6-7-12(10)14/h6-7,9,15H,4,8H2,1-2H3. The van der Waals surface area contributed by atoms with Crippen LogP contribution in [-0.4, -0.2) is 26.7 Å². The van der Waals surface area contributed by atoms with E-state index in [1.807, 2.05) is 7.05 Å². The lowest BCUT2D eigenvalue weighted by atomic mass is 10.1. The SMILES string of the molecule is CNCCC#Cc1cc(C(=O)OC)ccc1F. The summed E-state index contributed by atoms with van der Waals surface area (Å²) in [6.07, 6.45) is 0.623. The largest absolute Gasteiger partial charge is 0.465 e. The second kappa shape index (κ2) is 6.66. The number of ether oxygens (including phenoxy) is 1. The molecule has 4 heteroatoms. The zero-order valence-electron chi connectivity index (χ0n) is 9.84. The van der Waals surface area contributed by atoms with Crippen LogP contribution in [0.25, 0.3) is 0 Å². The van der Waals surface area contributed by atoms with E-state index in [2.05, 4.69) is 21.9 Å². The fourth-order valence-corrected chi connectivity index (χ4v) is 1.21. The Morgan fingerprint density at radius 1 is 1.53 bits per heavy atom. The third-order valence-corrected chi connectivity index (χ3v) is 2.11. The number of nitrogens with one attached hydrogen (secondary N) is 1. The number of carbonyl (C=O) groups excluding carboxylic acids is 1. The zero-order chi connectivity index (χ0) is 12.7. The Hall–Kier alpha value is -1.86. The lowest BCUT2D eigenvalue weighted by molar-refractivity contribution is 0.0600. The highest BCUT2D eigenvalue weighted by molar-refractivity contribution is 5.89. The summed E-state index contributed by atoms with van der Waals surface area (Å²) in [5, 5.41) is 2.94. The molecule has 0 saturated carbocycles. The van der Waals surface area contributed by atoms with Crippen molar-refractivity contribution in [3.05, 3.63) is 35.1 Å². The topological polar surface area (TPSA) is 38.3 Å². The van der Waals surface area contributed by atoms with Crippen LogP contribution in [0, 0.1) is 17.7 Å². The summed E-state index contributed by atoms with van der Waals surface area (Å²) in [6, 6.07) is 3.99. The molecule has 1 N–H and O–H groups in total. The van der Waals surface area contributed by atoms with Gasteiger partial charge in [0.1, 0.15) is 5.82 Å². The molecule has 1 aromatic rings. The van der Waals surface area contributed by atoms with Gasteiger partial charge in [-0.3, -0.25) is 0 Å². The molecule has 17 heavy (non-hydrogen) atoms. The average molecular weight is 235 g/mol. The molecule has 0 heterocycles. The van der Waals surface area contributed by atoms with Crippen molar-refractivity contribution in [2.75, 3.05) is 20.7 Å². The van der Waals surface area contributed by atoms with E-state index in [9.17, 15) is 9.18 Å². The molecule has 0 aliphatic carbocycles. The minimum absolute atomic E-state index is 0.212. The molecule has 0 atom stereocenters. The van der Waals surface area contributed by atoms with Crippen molar-refractivity contribution in [3.63, 3.8) is 0 Å². The molecule has 0 saturated heterocycles. The van der Waals surface area contributed by atoms with Crippen molar-refractivity contribution in [1.82, 2.24) is 5.32 Å². The molecule has 0 aromatic heterocycles. The van der Waals surface area contributed by atoms with E-state index in [4.69, 9.17) is 0 Å². The van der Waals surface area contributed by atoms with Crippen LogP contribution in [0.4, 0.5) is 4.39 Å². The van der Waals surface area contributed by atoms with Gasteiger partial charge in [-0.1, -0.05) is 11.8 Å². The molecular weight excluding hydrogens is 221 g/mol. The molecule has 0 spiro atoms. The van der Waals surface area contributed by atoms with Crippen molar-refractivity contribution in [3.8, 4) is 11.8 Å². The predicted octanol–water partition coefficient (Wildman–Crippen LogP) is 1.57.